The van der Waals surface area contributed by atoms with E-state index in [2.05, 4.69) is 26.2 Å². The van der Waals surface area contributed by atoms with Crippen LogP contribution < -0.4 is 10.2 Å². The molecule has 1 heterocycles. The van der Waals surface area contributed by atoms with Crippen LogP contribution in [0, 0.1) is 13.8 Å². The normalized spacial score (nSPS) is 11.4. The Labute approximate surface area is 193 Å². The van der Waals surface area contributed by atoms with Crippen LogP contribution in [0.3, 0.4) is 0 Å². The zero-order valence-electron chi connectivity index (χ0n) is 17.8. The number of nitrogens with zero attached hydrogens (tertiary/aromatic N) is 2. The largest absolute Gasteiger partial charge is 0.505 e. The molecular weight excluding hydrogens is 472 g/mol. The molecule has 1 N–H and O–H groups in total. The van der Waals surface area contributed by atoms with Gasteiger partial charge in [-0.25, -0.2) is 0 Å². The zero-order valence-corrected chi connectivity index (χ0v) is 19.4. The number of fused-ring (bicyclic) bond motifs is 1. The van der Waals surface area contributed by atoms with Gasteiger partial charge in [0, 0.05) is 10.0 Å². The van der Waals surface area contributed by atoms with E-state index in [0.29, 0.717) is 51.5 Å². The Hall–Kier alpha value is -3.45. The minimum Gasteiger partial charge on any atom is -0.505 e. The van der Waals surface area contributed by atoms with Crippen molar-refractivity contribution in [1.82, 2.24) is 0 Å². The molecule has 6 nitrogen and oxygen atoms in total. The number of aryl methyl sites for hydroxylation is 2. The molecule has 0 saturated carbocycles. The lowest BCUT2D eigenvalue weighted by molar-refractivity contribution is 0.340. The monoisotopic (exact) mass is 492 g/mol. The Balaban J connectivity index is 1.99. The van der Waals surface area contributed by atoms with Crippen LogP contribution in [-0.4, -0.2) is 11.7 Å². The summed E-state index contributed by atoms with van der Waals surface area (Å²) in [4.78, 5) is 13.1. The highest BCUT2D eigenvalue weighted by atomic mass is 79.9. The van der Waals surface area contributed by atoms with Crippen molar-refractivity contribution in [3.63, 3.8) is 0 Å². The number of furan rings is 1. The third kappa shape index (κ3) is 4.16. The van der Waals surface area contributed by atoms with E-state index in [4.69, 9.17) is 9.15 Å². The SMILES string of the molecule is CCOc1ccc(-c2cc(=O)c3c(C)oc(C)c3c(O)c2N=Nc2ccc(Br)cc2)cc1. The first-order valence-electron chi connectivity index (χ1n) is 10.1. The maximum atomic E-state index is 13.1. The van der Waals surface area contributed by atoms with Crippen molar-refractivity contribution in [2.45, 2.75) is 20.8 Å². The topological polar surface area (TPSA) is 84.4 Å². The van der Waals surface area contributed by atoms with Crippen LogP contribution in [0.4, 0.5) is 11.4 Å². The molecular formula is C25H21BrN2O4. The van der Waals surface area contributed by atoms with E-state index in [1.165, 1.54) is 6.07 Å². The molecule has 0 fully saturated rings. The first-order valence-corrected chi connectivity index (χ1v) is 10.9. The number of aromatic hydroxyl groups is 1. The lowest BCUT2D eigenvalue weighted by atomic mass is 10.1. The van der Waals surface area contributed by atoms with E-state index in [9.17, 15) is 9.90 Å². The summed E-state index contributed by atoms with van der Waals surface area (Å²) >= 11 is 3.40. The fourth-order valence-electron chi connectivity index (χ4n) is 3.62. The van der Waals surface area contributed by atoms with Crippen LogP contribution in [0.5, 0.6) is 11.5 Å². The van der Waals surface area contributed by atoms with Gasteiger partial charge in [0.2, 0.25) is 0 Å². The molecule has 0 spiro atoms. The van der Waals surface area contributed by atoms with Gasteiger partial charge in [0.25, 0.3) is 0 Å². The number of halogens is 1. The van der Waals surface area contributed by atoms with Gasteiger partial charge >= 0.3 is 0 Å². The highest BCUT2D eigenvalue weighted by Crippen LogP contribution is 2.43. The summed E-state index contributed by atoms with van der Waals surface area (Å²) in [5.41, 5.74) is 1.70. The van der Waals surface area contributed by atoms with Crippen LogP contribution in [0.2, 0.25) is 0 Å². The number of benzene rings is 2. The predicted molar refractivity (Wildman–Crippen MR) is 129 cm³/mol. The maximum Gasteiger partial charge on any atom is 0.190 e. The van der Waals surface area contributed by atoms with Crippen molar-refractivity contribution < 1.29 is 14.3 Å². The van der Waals surface area contributed by atoms with Gasteiger partial charge in [-0.1, -0.05) is 28.1 Å². The van der Waals surface area contributed by atoms with Crippen molar-refractivity contribution in [3.05, 3.63) is 80.8 Å². The van der Waals surface area contributed by atoms with E-state index in [1.54, 1.807) is 26.0 Å². The Kier molecular flexibility index (Phi) is 6.10. The molecule has 0 saturated heterocycles. The summed E-state index contributed by atoms with van der Waals surface area (Å²) in [5, 5.41) is 20.6. The van der Waals surface area contributed by atoms with E-state index in [-0.39, 0.29) is 16.9 Å². The van der Waals surface area contributed by atoms with E-state index in [1.807, 2.05) is 43.3 Å². The average Bonchev–Trinajstić information content (AvgIpc) is 3.02. The van der Waals surface area contributed by atoms with Crippen LogP contribution in [0.1, 0.15) is 18.4 Å². The van der Waals surface area contributed by atoms with Gasteiger partial charge in [-0.15, -0.1) is 5.11 Å². The Bertz CT molecular complexity index is 1370. The number of azo groups is 1. The van der Waals surface area contributed by atoms with Crippen LogP contribution in [0.15, 0.2) is 78.5 Å². The quantitative estimate of drug-likeness (QED) is 0.295. The number of rotatable bonds is 5. The summed E-state index contributed by atoms with van der Waals surface area (Å²) < 4.78 is 12.1. The fraction of sp³-hybridized carbons (Fsp3) is 0.160. The van der Waals surface area contributed by atoms with Crippen LogP contribution >= 0.6 is 15.9 Å². The van der Waals surface area contributed by atoms with Gasteiger partial charge in [-0.05, 0) is 68.8 Å². The molecule has 0 bridgehead atoms. The third-order valence-electron chi connectivity index (χ3n) is 5.07. The molecule has 1 aromatic heterocycles. The highest BCUT2D eigenvalue weighted by molar-refractivity contribution is 9.10. The molecule has 0 aliphatic carbocycles. The molecule has 7 heteroatoms. The van der Waals surface area contributed by atoms with E-state index >= 15 is 0 Å². The van der Waals surface area contributed by atoms with E-state index < -0.39 is 0 Å². The van der Waals surface area contributed by atoms with Gasteiger partial charge in [-0.2, -0.15) is 5.11 Å². The molecule has 4 rings (SSSR count). The minimum atomic E-state index is -0.265. The number of ether oxygens (including phenoxy) is 1. The summed E-state index contributed by atoms with van der Waals surface area (Å²) in [5.74, 6) is 1.45. The third-order valence-corrected chi connectivity index (χ3v) is 5.60. The maximum absolute atomic E-state index is 13.1. The first-order chi connectivity index (χ1) is 15.4. The second kappa shape index (κ2) is 8.96. The molecule has 0 unspecified atom stereocenters. The highest BCUT2D eigenvalue weighted by Gasteiger charge is 2.20. The first kappa shape index (κ1) is 21.8. The van der Waals surface area contributed by atoms with Crippen molar-refractivity contribution in [1.29, 1.82) is 0 Å². The molecule has 0 amide bonds. The molecule has 3 aromatic carbocycles. The summed E-state index contributed by atoms with van der Waals surface area (Å²) in [6, 6.07) is 16.0. The molecule has 0 aliphatic heterocycles. The average molecular weight is 493 g/mol. The smallest absolute Gasteiger partial charge is 0.190 e. The number of hydrogen-bond acceptors (Lipinski definition) is 6. The minimum absolute atomic E-state index is 0.152. The van der Waals surface area contributed by atoms with Crippen LogP contribution in [0.25, 0.3) is 21.9 Å². The lowest BCUT2D eigenvalue weighted by Gasteiger charge is -2.07. The van der Waals surface area contributed by atoms with Gasteiger partial charge in [0.15, 0.2) is 11.2 Å². The van der Waals surface area contributed by atoms with Crippen molar-refractivity contribution in [2.24, 2.45) is 10.2 Å². The standard InChI is InChI=1S/C25H21BrN2O4/c1-4-31-19-11-5-16(6-12-19)20-13-21(29)22-14(2)32-15(3)23(22)25(30)24(20)28-27-18-9-7-17(26)8-10-18/h5-13,30H,4H2,1-3H3. The summed E-state index contributed by atoms with van der Waals surface area (Å²) in [7, 11) is 0. The molecule has 32 heavy (non-hydrogen) atoms. The Morgan fingerprint density at radius 2 is 1.62 bits per heavy atom. The summed E-state index contributed by atoms with van der Waals surface area (Å²) in [6.45, 7) is 5.87. The summed E-state index contributed by atoms with van der Waals surface area (Å²) in [6.07, 6.45) is 0. The predicted octanol–water partition coefficient (Wildman–Crippen LogP) is 7.36. The molecule has 0 radical (unpaired) electrons. The van der Waals surface area contributed by atoms with Gasteiger partial charge in [0.1, 0.15) is 23.0 Å². The fourth-order valence-corrected chi connectivity index (χ4v) is 3.88. The molecule has 4 aromatic rings. The Morgan fingerprint density at radius 1 is 0.969 bits per heavy atom. The van der Waals surface area contributed by atoms with Gasteiger partial charge < -0.3 is 14.3 Å². The second-order valence-corrected chi connectivity index (χ2v) is 8.13. The number of hydrogen-bond donors (Lipinski definition) is 1. The van der Waals surface area contributed by atoms with Crippen molar-refractivity contribution >= 4 is 38.1 Å². The molecule has 0 atom stereocenters. The zero-order chi connectivity index (χ0) is 22.8. The van der Waals surface area contributed by atoms with Gasteiger partial charge in [-0.3, -0.25) is 4.79 Å². The molecule has 0 aliphatic rings. The van der Waals surface area contributed by atoms with Gasteiger partial charge in [0.05, 0.1) is 23.1 Å². The second-order valence-electron chi connectivity index (χ2n) is 7.22. The lowest BCUT2D eigenvalue weighted by Crippen LogP contribution is -1.96. The van der Waals surface area contributed by atoms with Crippen LogP contribution in [-0.2, 0) is 0 Å². The van der Waals surface area contributed by atoms with Crippen molar-refractivity contribution in [2.75, 3.05) is 6.61 Å². The Morgan fingerprint density at radius 3 is 2.28 bits per heavy atom. The van der Waals surface area contributed by atoms with E-state index in [0.717, 1.165) is 4.47 Å². The molecule has 162 valence electrons. The van der Waals surface area contributed by atoms with Crippen molar-refractivity contribution in [3.8, 4) is 22.6 Å².